The van der Waals surface area contributed by atoms with Crippen molar-refractivity contribution < 1.29 is 0 Å². The molecule has 0 aliphatic rings. The SMILES string of the molecule is CCSc1cccc(NCc2ncc(C)s2)c1C#N. The number of aryl methyl sites for hydroxylation is 1. The van der Waals surface area contributed by atoms with Gasteiger partial charge in [-0.05, 0) is 24.8 Å². The first-order valence-electron chi connectivity index (χ1n) is 6.05. The molecule has 0 saturated carbocycles. The lowest BCUT2D eigenvalue weighted by atomic mass is 10.2. The Hall–Kier alpha value is -1.51. The van der Waals surface area contributed by atoms with E-state index in [2.05, 4.69) is 23.3 Å². The summed E-state index contributed by atoms with van der Waals surface area (Å²) >= 11 is 3.36. The number of rotatable bonds is 5. The molecule has 98 valence electrons. The zero-order valence-electron chi connectivity index (χ0n) is 10.9. The molecule has 0 aliphatic carbocycles. The van der Waals surface area contributed by atoms with Crippen LogP contribution >= 0.6 is 23.1 Å². The van der Waals surface area contributed by atoms with E-state index >= 15 is 0 Å². The fourth-order valence-electron chi connectivity index (χ4n) is 1.72. The highest BCUT2D eigenvalue weighted by atomic mass is 32.2. The van der Waals surface area contributed by atoms with E-state index in [0.29, 0.717) is 6.54 Å². The standard InChI is InChI=1S/C14H15N3S2/c1-3-18-13-6-4-5-12(11(13)7-15)16-9-14-17-8-10(2)19-14/h4-6,8,16H,3,9H2,1-2H3. The number of hydrogen-bond donors (Lipinski definition) is 1. The number of anilines is 1. The summed E-state index contributed by atoms with van der Waals surface area (Å²) in [4.78, 5) is 6.55. The van der Waals surface area contributed by atoms with E-state index in [1.165, 1.54) is 4.88 Å². The van der Waals surface area contributed by atoms with E-state index < -0.39 is 0 Å². The van der Waals surface area contributed by atoms with Crippen molar-refractivity contribution in [2.75, 3.05) is 11.1 Å². The molecule has 0 amide bonds. The normalized spacial score (nSPS) is 10.2. The lowest BCUT2D eigenvalue weighted by Gasteiger charge is -2.09. The number of aromatic nitrogens is 1. The van der Waals surface area contributed by atoms with Crippen molar-refractivity contribution in [1.82, 2.24) is 4.98 Å². The maximum absolute atomic E-state index is 9.31. The third-order valence-corrected chi connectivity index (χ3v) is 4.39. The topological polar surface area (TPSA) is 48.7 Å². The van der Waals surface area contributed by atoms with Crippen LogP contribution in [-0.2, 0) is 6.54 Å². The minimum Gasteiger partial charge on any atom is -0.377 e. The average Bonchev–Trinajstić information content (AvgIpc) is 2.83. The molecule has 1 heterocycles. The molecule has 3 nitrogen and oxygen atoms in total. The van der Waals surface area contributed by atoms with Crippen LogP contribution in [0.1, 0.15) is 22.4 Å². The quantitative estimate of drug-likeness (QED) is 0.844. The summed E-state index contributed by atoms with van der Waals surface area (Å²) in [6.07, 6.45) is 1.87. The van der Waals surface area contributed by atoms with Crippen molar-refractivity contribution >= 4 is 28.8 Å². The van der Waals surface area contributed by atoms with Gasteiger partial charge in [-0.1, -0.05) is 13.0 Å². The van der Waals surface area contributed by atoms with Gasteiger partial charge in [-0.2, -0.15) is 5.26 Å². The second-order valence-electron chi connectivity index (χ2n) is 3.94. The molecule has 1 N–H and O–H groups in total. The van der Waals surface area contributed by atoms with Crippen molar-refractivity contribution in [2.45, 2.75) is 25.3 Å². The number of thioether (sulfide) groups is 1. The van der Waals surface area contributed by atoms with Crippen LogP contribution in [-0.4, -0.2) is 10.7 Å². The molecule has 0 spiro atoms. The van der Waals surface area contributed by atoms with Crippen molar-refractivity contribution in [3.05, 3.63) is 39.8 Å². The van der Waals surface area contributed by atoms with Crippen LogP contribution in [0.3, 0.4) is 0 Å². The number of nitrogens with one attached hydrogen (secondary N) is 1. The Bertz CT molecular complexity index is 599. The van der Waals surface area contributed by atoms with Crippen LogP contribution in [0.2, 0.25) is 0 Å². The van der Waals surface area contributed by atoms with Crippen molar-refractivity contribution in [1.29, 1.82) is 5.26 Å². The Morgan fingerprint density at radius 2 is 2.32 bits per heavy atom. The van der Waals surface area contributed by atoms with Gasteiger partial charge in [0.25, 0.3) is 0 Å². The monoisotopic (exact) mass is 289 g/mol. The predicted octanol–water partition coefficient (Wildman–Crippen LogP) is 4.05. The van der Waals surface area contributed by atoms with E-state index in [0.717, 1.165) is 26.9 Å². The highest BCUT2D eigenvalue weighted by Crippen LogP contribution is 2.28. The first kappa shape index (κ1) is 13.9. The fraction of sp³-hybridized carbons (Fsp3) is 0.286. The van der Waals surface area contributed by atoms with Gasteiger partial charge in [0.15, 0.2) is 0 Å². The lowest BCUT2D eigenvalue weighted by molar-refractivity contribution is 1.10. The van der Waals surface area contributed by atoms with Gasteiger partial charge in [0.2, 0.25) is 0 Å². The summed E-state index contributed by atoms with van der Waals surface area (Å²) in [5, 5.41) is 13.7. The second-order valence-corrected chi connectivity index (χ2v) is 6.57. The maximum atomic E-state index is 9.31. The molecule has 2 rings (SSSR count). The van der Waals surface area contributed by atoms with Gasteiger partial charge in [0, 0.05) is 16.0 Å². The first-order chi connectivity index (χ1) is 9.24. The molecule has 0 radical (unpaired) electrons. The summed E-state index contributed by atoms with van der Waals surface area (Å²) in [6, 6.07) is 8.21. The van der Waals surface area contributed by atoms with Crippen molar-refractivity contribution in [3.8, 4) is 6.07 Å². The van der Waals surface area contributed by atoms with Gasteiger partial charge >= 0.3 is 0 Å². The minimum atomic E-state index is 0.660. The van der Waals surface area contributed by atoms with Gasteiger partial charge in [-0.3, -0.25) is 0 Å². The predicted molar refractivity (Wildman–Crippen MR) is 81.7 cm³/mol. The van der Waals surface area contributed by atoms with Crippen LogP contribution in [0.25, 0.3) is 0 Å². The van der Waals surface area contributed by atoms with E-state index in [-0.39, 0.29) is 0 Å². The molecule has 0 unspecified atom stereocenters. The minimum absolute atomic E-state index is 0.660. The van der Waals surface area contributed by atoms with Gasteiger partial charge in [-0.25, -0.2) is 4.98 Å². The molecule has 0 aliphatic heterocycles. The number of benzene rings is 1. The Labute approximate surface area is 121 Å². The summed E-state index contributed by atoms with van der Waals surface area (Å²) in [7, 11) is 0. The fourth-order valence-corrected chi connectivity index (χ4v) is 3.24. The van der Waals surface area contributed by atoms with E-state index in [1.54, 1.807) is 23.1 Å². The van der Waals surface area contributed by atoms with E-state index in [1.807, 2.05) is 31.3 Å². The van der Waals surface area contributed by atoms with Crippen LogP contribution in [0.4, 0.5) is 5.69 Å². The molecule has 5 heteroatoms. The Morgan fingerprint density at radius 3 is 2.95 bits per heavy atom. The van der Waals surface area contributed by atoms with Crippen LogP contribution in [0, 0.1) is 18.3 Å². The van der Waals surface area contributed by atoms with E-state index in [9.17, 15) is 5.26 Å². The Kier molecular flexibility index (Phi) is 4.83. The number of nitriles is 1. The summed E-state index contributed by atoms with van der Waals surface area (Å²) in [5.41, 5.74) is 1.61. The highest BCUT2D eigenvalue weighted by Gasteiger charge is 2.08. The van der Waals surface area contributed by atoms with Crippen LogP contribution in [0.5, 0.6) is 0 Å². The number of thiazole rings is 1. The third-order valence-electron chi connectivity index (χ3n) is 2.54. The lowest BCUT2D eigenvalue weighted by Crippen LogP contribution is -2.01. The Balaban J connectivity index is 2.16. The van der Waals surface area contributed by atoms with Gasteiger partial charge < -0.3 is 5.32 Å². The van der Waals surface area contributed by atoms with Gasteiger partial charge in [0.1, 0.15) is 11.1 Å². The number of nitrogens with zero attached hydrogens (tertiary/aromatic N) is 2. The maximum Gasteiger partial charge on any atom is 0.112 e. The average molecular weight is 289 g/mol. The molecule has 0 saturated heterocycles. The van der Waals surface area contributed by atoms with Gasteiger partial charge in [0.05, 0.1) is 17.8 Å². The summed E-state index contributed by atoms with van der Waals surface area (Å²) in [5.74, 6) is 0.962. The molecular weight excluding hydrogens is 274 g/mol. The molecule has 0 bridgehead atoms. The van der Waals surface area contributed by atoms with E-state index in [4.69, 9.17) is 0 Å². The molecule has 1 aromatic heterocycles. The first-order valence-corrected chi connectivity index (χ1v) is 7.86. The molecule has 0 atom stereocenters. The molecule has 1 aromatic carbocycles. The second kappa shape index (κ2) is 6.60. The Morgan fingerprint density at radius 1 is 1.47 bits per heavy atom. The smallest absolute Gasteiger partial charge is 0.112 e. The van der Waals surface area contributed by atoms with Gasteiger partial charge in [-0.15, -0.1) is 23.1 Å². The van der Waals surface area contributed by atoms with Crippen LogP contribution < -0.4 is 5.32 Å². The van der Waals surface area contributed by atoms with Crippen molar-refractivity contribution in [2.24, 2.45) is 0 Å². The molecule has 2 aromatic rings. The largest absolute Gasteiger partial charge is 0.377 e. The highest BCUT2D eigenvalue weighted by molar-refractivity contribution is 7.99. The molecule has 19 heavy (non-hydrogen) atoms. The third kappa shape index (κ3) is 3.49. The molecule has 0 fully saturated rings. The summed E-state index contributed by atoms with van der Waals surface area (Å²) < 4.78 is 0. The summed E-state index contributed by atoms with van der Waals surface area (Å²) in [6.45, 7) is 4.79. The number of hydrogen-bond acceptors (Lipinski definition) is 5. The van der Waals surface area contributed by atoms with Crippen LogP contribution in [0.15, 0.2) is 29.3 Å². The zero-order chi connectivity index (χ0) is 13.7. The zero-order valence-corrected chi connectivity index (χ0v) is 12.6. The molecular formula is C14H15N3S2. The van der Waals surface area contributed by atoms with Crippen molar-refractivity contribution in [3.63, 3.8) is 0 Å².